The third-order valence-electron chi connectivity index (χ3n) is 6.53. The number of carbonyl (C=O) groups excluding carboxylic acids is 1. The topological polar surface area (TPSA) is 66.0 Å². The zero-order valence-electron chi connectivity index (χ0n) is 19.6. The lowest BCUT2D eigenvalue weighted by Crippen LogP contribution is -2.40. The van der Waals surface area contributed by atoms with Crippen LogP contribution in [0.2, 0.25) is 0 Å². The van der Waals surface area contributed by atoms with Gasteiger partial charge < -0.3 is 20.3 Å². The van der Waals surface area contributed by atoms with Crippen molar-refractivity contribution >= 4 is 11.9 Å². The monoisotopic (exact) mass is 448 g/mol. The highest BCUT2D eigenvalue weighted by Gasteiger charge is 2.30. The van der Waals surface area contributed by atoms with Gasteiger partial charge in [-0.2, -0.15) is 0 Å². The fourth-order valence-corrected chi connectivity index (χ4v) is 4.75. The van der Waals surface area contributed by atoms with Gasteiger partial charge in [0.1, 0.15) is 0 Å². The molecule has 176 valence electrons. The van der Waals surface area contributed by atoms with Gasteiger partial charge in [-0.1, -0.05) is 60.7 Å². The number of benzene rings is 2. The lowest BCUT2D eigenvalue weighted by molar-refractivity contribution is -0.127. The highest BCUT2D eigenvalue weighted by Crippen LogP contribution is 2.33. The molecule has 3 unspecified atom stereocenters. The van der Waals surface area contributed by atoms with Gasteiger partial charge in [-0.25, -0.2) is 0 Å². The van der Waals surface area contributed by atoms with Gasteiger partial charge in [0.25, 0.3) is 0 Å². The second-order valence-electron chi connectivity index (χ2n) is 9.00. The number of nitrogens with one attached hydrogen (secondary N) is 2. The van der Waals surface area contributed by atoms with Gasteiger partial charge in [-0.05, 0) is 30.9 Å². The van der Waals surface area contributed by atoms with Crippen molar-refractivity contribution in [3.8, 4) is 0 Å². The lowest BCUT2D eigenvalue weighted by Gasteiger charge is -2.21. The van der Waals surface area contributed by atoms with E-state index in [4.69, 9.17) is 9.73 Å². The number of hydrogen-bond acceptors (Lipinski definition) is 3. The summed E-state index contributed by atoms with van der Waals surface area (Å²) in [5.74, 6) is 1.76. The molecular formula is C27H36N4O2. The molecule has 6 heteroatoms. The molecule has 0 bridgehead atoms. The van der Waals surface area contributed by atoms with Crippen LogP contribution in [0.5, 0.6) is 0 Å². The molecule has 0 saturated carbocycles. The maximum Gasteiger partial charge on any atom is 0.223 e. The molecule has 2 aliphatic rings. The number of guanidine groups is 1. The van der Waals surface area contributed by atoms with Gasteiger partial charge in [0, 0.05) is 57.6 Å². The Morgan fingerprint density at radius 3 is 2.61 bits per heavy atom. The number of rotatable bonds is 9. The minimum absolute atomic E-state index is 0.132. The smallest absolute Gasteiger partial charge is 0.223 e. The molecule has 1 amide bonds. The van der Waals surface area contributed by atoms with Crippen LogP contribution >= 0.6 is 0 Å². The predicted octanol–water partition coefficient (Wildman–Crippen LogP) is 3.41. The van der Waals surface area contributed by atoms with Gasteiger partial charge in [0.15, 0.2) is 5.96 Å². The van der Waals surface area contributed by atoms with Gasteiger partial charge in [-0.3, -0.25) is 9.79 Å². The Bertz CT molecular complexity index is 903. The first-order chi connectivity index (χ1) is 16.2. The molecule has 2 aliphatic heterocycles. The average Bonchev–Trinajstić information content (AvgIpc) is 3.47. The Morgan fingerprint density at radius 2 is 1.85 bits per heavy atom. The van der Waals surface area contributed by atoms with Crippen molar-refractivity contribution in [1.29, 1.82) is 0 Å². The summed E-state index contributed by atoms with van der Waals surface area (Å²) >= 11 is 0. The van der Waals surface area contributed by atoms with E-state index in [-0.39, 0.29) is 17.9 Å². The second kappa shape index (κ2) is 11.8. The number of amides is 1. The van der Waals surface area contributed by atoms with Crippen LogP contribution in [0.1, 0.15) is 37.0 Å². The van der Waals surface area contributed by atoms with E-state index in [2.05, 4.69) is 54.0 Å². The van der Waals surface area contributed by atoms with Gasteiger partial charge >= 0.3 is 0 Å². The molecule has 2 aromatic carbocycles. The largest absolute Gasteiger partial charge is 0.373 e. The Hall–Kier alpha value is -2.86. The maximum atomic E-state index is 12.5. The standard InChI is InChI=1S/C27H36N4O2/c1-2-28-27(30-19-24-14-16-33-26(24)23-11-7-4-8-12-23)29-18-22-17-25(32)31(20-22)15-13-21-9-5-3-6-10-21/h3-12,22,24,26H,2,13-20H2,1H3,(H2,28,29,30). The van der Waals surface area contributed by atoms with Crippen LogP contribution in [-0.2, 0) is 16.0 Å². The molecule has 2 fully saturated rings. The summed E-state index contributed by atoms with van der Waals surface area (Å²) in [6, 6.07) is 20.8. The van der Waals surface area contributed by atoms with Crippen LogP contribution in [0.4, 0.5) is 0 Å². The zero-order chi connectivity index (χ0) is 22.9. The van der Waals surface area contributed by atoms with Crippen LogP contribution in [0, 0.1) is 11.8 Å². The number of carbonyl (C=O) groups is 1. The van der Waals surface area contributed by atoms with E-state index in [1.807, 2.05) is 29.2 Å². The van der Waals surface area contributed by atoms with Gasteiger partial charge in [0.2, 0.25) is 5.91 Å². The molecule has 3 atom stereocenters. The average molecular weight is 449 g/mol. The Labute approximate surface area is 197 Å². The number of hydrogen-bond donors (Lipinski definition) is 2. The molecule has 4 rings (SSSR count). The van der Waals surface area contributed by atoms with E-state index in [1.54, 1.807) is 0 Å². The third-order valence-corrected chi connectivity index (χ3v) is 6.53. The summed E-state index contributed by atoms with van der Waals surface area (Å²) in [5.41, 5.74) is 2.51. The van der Waals surface area contributed by atoms with Crippen molar-refractivity contribution in [3.05, 3.63) is 71.8 Å². The van der Waals surface area contributed by atoms with Gasteiger partial charge in [0.05, 0.1) is 6.10 Å². The predicted molar refractivity (Wildman–Crippen MR) is 132 cm³/mol. The molecule has 6 nitrogen and oxygen atoms in total. The van der Waals surface area contributed by atoms with Crippen molar-refractivity contribution in [2.75, 3.05) is 39.3 Å². The van der Waals surface area contributed by atoms with Crippen LogP contribution < -0.4 is 10.6 Å². The molecule has 2 heterocycles. The SMILES string of the molecule is CCNC(=NCC1CC(=O)N(CCc2ccccc2)C1)NCC1CCOC1c1ccccc1. The first-order valence-electron chi connectivity index (χ1n) is 12.2. The molecule has 0 spiro atoms. The minimum Gasteiger partial charge on any atom is -0.373 e. The normalized spacial score (nSPS) is 23.2. The van der Waals surface area contributed by atoms with E-state index >= 15 is 0 Å². The van der Waals surface area contributed by atoms with Crippen molar-refractivity contribution in [2.24, 2.45) is 16.8 Å². The molecule has 2 N–H and O–H groups in total. The molecule has 2 saturated heterocycles. The molecule has 0 aliphatic carbocycles. The Morgan fingerprint density at radius 1 is 1.09 bits per heavy atom. The highest BCUT2D eigenvalue weighted by atomic mass is 16.5. The van der Waals surface area contributed by atoms with Crippen molar-refractivity contribution in [2.45, 2.75) is 32.3 Å². The van der Waals surface area contributed by atoms with Crippen molar-refractivity contribution < 1.29 is 9.53 Å². The van der Waals surface area contributed by atoms with Crippen LogP contribution in [-0.4, -0.2) is 56.1 Å². The number of ether oxygens (including phenoxy) is 1. The van der Waals surface area contributed by atoms with Crippen LogP contribution in [0.25, 0.3) is 0 Å². The summed E-state index contributed by atoms with van der Waals surface area (Å²) in [6.45, 7) is 6.73. The minimum atomic E-state index is 0.132. The summed E-state index contributed by atoms with van der Waals surface area (Å²) in [7, 11) is 0. The summed E-state index contributed by atoms with van der Waals surface area (Å²) in [4.78, 5) is 19.3. The van der Waals surface area contributed by atoms with Gasteiger partial charge in [-0.15, -0.1) is 0 Å². The summed E-state index contributed by atoms with van der Waals surface area (Å²) in [6.07, 6.45) is 2.66. The molecule has 33 heavy (non-hydrogen) atoms. The van der Waals surface area contributed by atoms with Crippen LogP contribution in [0.3, 0.4) is 0 Å². The fraction of sp³-hybridized carbons (Fsp3) is 0.481. The Kier molecular flexibility index (Phi) is 8.36. The molecule has 2 aromatic rings. The van der Waals surface area contributed by atoms with Crippen molar-refractivity contribution in [3.63, 3.8) is 0 Å². The fourth-order valence-electron chi connectivity index (χ4n) is 4.75. The Balaban J connectivity index is 1.27. The van der Waals surface area contributed by atoms with E-state index in [1.165, 1.54) is 11.1 Å². The molecular weight excluding hydrogens is 412 g/mol. The van der Waals surface area contributed by atoms with E-state index in [0.29, 0.717) is 18.9 Å². The molecule has 0 radical (unpaired) electrons. The van der Waals surface area contributed by atoms with E-state index in [0.717, 1.165) is 51.6 Å². The third kappa shape index (κ3) is 6.57. The van der Waals surface area contributed by atoms with E-state index < -0.39 is 0 Å². The number of likely N-dealkylation sites (tertiary alicyclic amines) is 1. The quantitative estimate of drug-likeness (QED) is 0.456. The summed E-state index contributed by atoms with van der Waals surface area (Å²) < 4.78 is 6.02. The van der Waals surface area contributed by atoms with Crippen molar-refractivity contribution in [1.82, 2.24) is 15.5 Å². The molecule has 0 aromatic heterocycles. The zero-order valence-corrected chi connectivity index (χ0v) is 19.6. The maximum absolute atomic E-state index is 12.5. The second-order valence-corrected chi connectivity index (χ2v) is 9.00. The number of aliphatic imine (C=N–C) groups is 1. The highest BCUT2D eigenvalue weighted by molar-refractivity contribution is 5.80. The van der Waals surface area contributed by atoms with E-state index in [9.17, 15) is 4.79 Å². The first-order valence-corrected chi connectivity index (χ1v) is 12.2. The van der Waals surface area contributed by atoms with Crippen LogP contribution in [0.15, 0.2) is 65.7 Å². The first kappa shape index (κ1) is 23.3. The summed E-state index contributed by atoms with van der Waals surface area (Å²) in [5, 5.41) is 6.87. The number of nitrogens with zero attached hydrogens (tertiary/aromatic N) is 2. The lowest BCUT2D eigenvalue weighted by atomic mass is 9.95.